The van der Waals surface area contributed by atoms with E-state index in [2.05, 4.69) is 0 Å². The summed E-state index contributed by atoms with van der Waals surface area (Å²) in [4.78, 5) is 24.9. The second-order valence-electron chi connectivity index (χ2n) is 5.50. The molecule has 0 aromatic heterocycles. The number of hydrogen-bond acceptors (Lipinski definition) is 5. The van der Waals surface area contributed by atoms with Crippen molar-refractivity contribution in [2.45, 2.75) is 6.42 Å². The van der Waals surface area contributed by atoms with Gasteiger partial charge in [-0.05, 0) is 24.3 Å². The number of nitrogens with zero attached hydrogens (tertiary/aromatic N) is 1. The van der Waals surface area contributed by atoms with Crippen LogP contribution in [0, 0.1) is 5.82 Å². The zero-order valence-corrected chi connectivity index (χ0v) is 15.6. The predicted octanol–water partition coefficient (Wildman–Crippen LogP) is 4.09. The molecule has 5 nitrogen and oxygen atoms in total. The minimum Gasteiger partial charge on any atom is -0.492 e. The molecule has 1 amide bonds. The minimum atomic E-state index is -0.960. The number of ether oxygens (including phenoxy) is 1. The quantitative estimate of drug-likeness (QED) is 0.579. The Labute approximate surface area is 164 Å². The Hall–Kier alpha value is -2.71. The molecule has 1 fully saturated rings. The maximum Gasteiger partial charge on any atom is 0.306 e. The lowest BCUT2D eigenvalue weighted by atomic mass is 10.2. The van der Waals surface area contributed by atoms with Crippen molar-refractivity contribution in [3.05, 3.63) is 64.8 Å². The smallest absolute Gasteiger partial charge is 0.306 e. The number of carboxylic acids is 1. The first-order chi connectivity index (χ1) is 13.0. The van der Waals surface area contributed by atoms with Gasteiger partial charge in [0.15, 0.2) is 4.32 Å². The van der Waals surface area contributed by atoms with Crippen LogP contribution in [0.25, 0.3) is 6.08 Å². The van der Waals surface area contributed by atoms with Gasteiger partial charge in [0.2, 0.25) is 0 Å². The van der Waals surface area contributed by atoms with Gasteiger partial charge in [-0.1, -0.05) is 54.3 Å². The monoisotopic (exact) mass is 403 g/mol. The molecular weight excluding hydrogens is 389 g/mol. The molecule has 27 heavy (non-hydrogen) atoms. The number of thiocarbonyl (C=S) groups is 1. The van der Waals surface area contributed by atoms with Gasteiger partial charge in [0.1, 0.15) is 11.6 Å². The van der Waals surface area contributed by atoms with Crippen molar-refractivity contribution in [2.24, 2.45) is 0 Å². The van der Waals surface area contributed by atoms with Crippen molar-refractivity contribution in [1.82, 2.24) is 0 Å². The van der Waals surface area contributed by atoms with Gasteiger partial charge in [0.05, 0.1) is 23.6 Å². The van der Waals surface area contributed by atoms with E-state index in [0.717, 1.165) is 16.7 Å². The van der Waals surface area contributed by atoms with E-state index in [4.69, 9.17) is 22.1 Å². The van der Waals surface area contributed by atoms with Crippen LogP contribution >= 0.6 is 24.0 Å². The topological polar surface area (TPSA) is 66.8 Å². The van der Waals surface area contributed by atoms with Crippen LogP contribution in [0.1, 0.15) is 12.0 Å². The van der Waals surface area contributed by atoms with E-state index in [1.54, 1.807) is 36.4 Å². The highest BCUT2D eigenvalue weighted by Gasteiger charge is 2.34. The fourth-order valence-corrected chi connectivity index (χ4v) is 3.71. The molecule has 0 bridgehead atoms. The van der Waals surface area contributed by atoms with Crippen molar-refractivity contribution in [3.63, 3.8) is 0 Å². The average Bonchev–Trinajstić information content (AvgIpc) is 2.90. The second kappa shape index (κ2) is 8.32. The molecule has 0 unspecified atom stereocenters. The Balaban J connectivity index is 1.86. The summed E-state index contributed by atoms with van der Waals surface area (Å²) in [6.07, 6.45) is 1.47. The minimum absolute atomic E-state index is 0.0103. The molecular formula is C19H14FNO4S2. The lowest BCUT2D eigenvalue weighted by Gasteiger charge is -2.15. The van der Waals surface area contributed by atoms with E-state index < -0.39 is 17.7 Å². The molecule has 2 aromatic carbocycles. The number of hydrogen-bond donors (Lipinski definition) is 1. The van der Waals surface area contributed by atoms with Crippen LogP contribution in [0.3, 0.4) is 0 Å². The lowest BCUT2D eigenvalue weighted by molar-refractivity contribution is -0.137. The number of halogens is 1. The van der Waals surface area contributed by atoms with Gasteiger partial charge in [-0.2, -0.15) is 0 Å². The van der Waals surface area contributed by atoms with E-state index in [-0.39, 0.29) is 23.0 Å². The van der Waals surface area contributed by atoms with Crippen LogP contribution in [0.15, 0.2) is 53.4 Å². The molecule has 1 aliphatic heterocycles. The van der Waals surface area contributed by atoms with Gasteiger partial charge < -0.3 is 9.84 Å². The molecule has 0 radical (unpaired) electrons. The Morgan fingerprint density at radius 1 is 1.22 bits per heavy atom. The summed E-state index contributed by atoms with van der Waals surface area (Å²) in [7, 11) is 0. The summed E-state index contributed by atoms with van der Waals surface area (Å²) in [5.74, 6) is -1.46. The van der Waals surface area contributed by atoms with Crippen LogP contribution in [-0.2, 0) is 9.59 Å². The van der Waals surface area contributed by atoms with E-state index in [1.165, 1.54) is 18.2 Å². The number of benzene rings is 2. The largest absolute Gasteiger partial charge is 0.492 e. The first kappa shape index (κ1) is 19.1. The highest BCUT2D eigenvalue weighted by Crippen LogP contribution is 2.37. The fourth-order valence-electron chi connectivity index (χ4n) is 2.43. The molecule has 138 valence electrons. The fraction of sp³-hybridized carbons (Fsp3) is 0.105. The van der Waals surface area contributed by atoms with Gasteiger partial charge >= 0.3 is 5.97 Å². The molecule has 0 atom stereocenters. The van der Waals surface area contributed by atoms with E-state index >= 15 is 0 Å². The number of anilines is 1. The maximum atomic E-state index is 14.1. The summed E-state index contributed by atoms with van der Waals surface area (Å²) >= 11 is 6.32. The summed E-state index contributed by atoms with van der Waals surface area (Å²) < 4.78 is 19.8. The number of amides is 1. The molecule has 8 heteroatoms. The second-order valence-corrected chi connectivity index (χ2v) is 7.17. The summed E-state index contributed by atoms with van der Waals surface area (Å²) in [5, 5.41) is 8.72. The van der Waals surface area contributed by atoms with E-state index in [0.29, 0.717) is 16.2 Å². The van der Waals surface area contributed by atoms with Crippen molar-refractivity contribution in [1.29, 1.82) is 0 Å². The van der Waals surface area contributed by atoms with Crippen molar-refractivity contribution >= 4 is 51.9 Å². The molecule has 1 heterocycles. The number of carboxylic acid groups (broad SMARTS) is 1. The molecule has 2 aromatic rings. The maximum absolute atomic E-state index is 14.1. The number of carbonyl (C=O) groups excluding carboxylic acids is 1. The summed E-state index contributed by atoms with van der Waals surface area (Å²) in [6, 6.07) is 12.9. The van der Waals surface area contributed by atoms with E-state index in [1.807, 2.05) is 0 Å². The first-order valence-corrected chi connectivity index (χ1v) is 9.16. The van der Waals surface area contributed by atoms with Crippen LogP contribution in [0.4, 0.5) is 10.1 Å². The number of carbonyl (C=O) groups is 2. The van der Waals surface area contributed by atoms with Gasteiger partial charge in [-0.25, -0.2) is 4.39 Å². The lowest BCUT2D eigenvalue weighted by Crippen LogP contribution is -2.28. The molecule has 0 aliphatic carbocycles. The standard InChI is InChI=1S/C19H14FNO4S2/c20-13-6-2-3-7-14(13)21-18(24)16(27-19(21)26)11-12-5-1-4-8-15(12)25-10-9-17(22)23/h1-8,11H,9-10H2,(H,22,23)/b16-11+. The predicted molar refractivity (Wildman–Crippen MR) is 106 cm³/mol. The number of aliphatic carboxylic acids is 1. The Kier molecular flexibility index (Phi) is 5.88. The molecule has 1 N–H and O–H groups in total. The van der Waals surface area contributed by atoms with Crippen LogP contribution in [0.2, 0.25) is 0 Å². The number of thioether (sulfide) groups is 1. The van der Waals surface area contributed by atoms with Crippen LogP contribution < -0.4 is 9.64 Å². The highest BCUT2D eigenvalue weighted by molar-refractivity contribution is 8.27. The first-order valence-electron chi connectivity index (χ1n) is 7.93. The third-order valence-corrected chi connectivity index (χ3v) is 4.97. The van der Waals surface area contributed by atoms with Gasteiger partial charge in [-0.15, -0.1) is 0 Å². The van der Waals surface area contributed by atoms with Gasteiger partial charge in [-0.3, -0.25) is 14.5 Å². The molecule has 1 aliphatic rings. The van der Waals surface area contributed by atoms with Gasteiger partial charge in [0.25, 0.3) is 5.91 Å². The molecule has 1 saturated heterocycles. The summed E-state index contributed by atoms with van der Waals surface area (Å²) in [6.45, 7) is 0.0103. The Morgan fingerprint density at radius 3 is 2.67 bits per heavy atom. The van der Waals surface area contributed by atoms with Gasteiger partial charge in [0, 0.05) is 5.56 Å². The van der Waals surface area contributed by atoms with E-state index in [9.17, 15) is 14.0 Å². The number of rotatable bonds is 6. The molecule has 3 rings (SSSR count). The molecule has 0 saturated carbocycles. The highest BCUT2D eigenvalue weighted by atomic mass is 32.2. The SMILES string of the molecule is O=C(O)CCOc1ccccc1/C=C1/SC(=S)N(c2ccccc2F)C1=O. The average molecular weight is 403 g/mol. The zero-order chi connectivity index (χ0) is 19.4. The van der Waals surface area contributed by atoms with Crippen molar-refractivity contribution in [2.75, 3.05) is 11.5 Å². The van der Waals surface area contributed by atoms with Crippen molar-refractivity contribution < 1.29 is 23.8 Å². The van der Waals surface area contributed by atoms with Crippen molar-refractivity contribution in [3.8, 4) is 5.75 Å². The third-order valence-electron chi connectivity index (χ3n) is 3.67. The number of para-hydroxylation sites is 2. The Morgan fingerprint density at radius 2 is 1.93 bits per heavy atom. The zero-order valence-electron chi connectivity index (χ0n) is 13.9. The summed E-state index contributed by atoms with van der Waals surface area (Å²) in [5.41, 5.74) is 0.714. The Bertz CT molecular complexity index is 945. The molecule has 0 spiro atoms. The normalized spacial score (nSPS) is 15.4. The van der Waals surface area contributed by atoms with Crippen LogP contribution in [-0.4, -0.2) is 27.9 Å². The van der Waals surface area contributed by atoms with Crippen LogP contribution in [0.5, 0.6) is 5.75 Å². The third kappa shape index (κ3) is 4.35.